The highest BCUT2D eigenvalue weighted by atomic mass is 32.1. The van der Waals surface area contributed by atoms with E-state index in [2.05, 4.69) is 144 Å². The molecule has 0 aliphatic carbocycles. The van der Waals surface area contributed by atoms with Gasteiger partial charge in [0.05, 0.1) is 11.0 Å². The van der Waals surface area contributed by atoms with E-state index < -0.39 is 0 Å². The molecule has 0 atom stereocenters. The molecule has 4 heterocycles. The summed E-state index contributed by atoms with van der Waals surface area (Å²) < 4.78 is 10.8. The van der Waals surface area contributed by atoms with Gasteiger partial charge in [-0.15, -0.1) is 11.3 Å². The van der Waals surface area contributed by atoms with E-state index in [1.807, 2.05) is 18.2 Å². The number of para-hydroxylation sites is 3. The summed E-state index contributed by atoms with van der Waals surface area (Å²) in [6.07, 6.45) is 0. The van der Waals surface area contributed by atoms with Crippen molar-refractivity contribution in [3.05, 3.63) is 158 Å². The van der Waals surface area contributed by atoms with Gasteiger partial charge in [0.25, 0.3) is 0 Å². The number of hydrogen-bond donors (Lipinski definition) is 0. The Balaban J connectivity index is 1.14. The molecule has 0 N–H and O–H groups in total. The number of aromatic nitrogens is 4. The van der Waals surface area contributed by atoms with Gasteiger partial charge in [-0.25, -0.2) is 4.98 Å². The Morgan fingerprint density at radius 1 is 0.431 bits per heavy atom. The molecule has 6 heteroatoms. The van der Waals surface area contributed by atoms with Gasteiger partial charge in [-0.3, -0.25) is 4.57 Å². The fourth-order valence-electron chi connectivity index (χ4n) is 7.59. The zero-order valence-electron chi connectivity index (χ0n) is 27.1. The molecule has 238 valence electrons. The van der Waals surface area contributed by atoms with Crippen LogP contribution in [0.15, 0.2) is 162 Å². The normalized spacial score (nSPS) is 11.9. The molecule has 0 fully saturated rings. The third-order valence-electron chi connectivity index (χ3n) is 9.91. The summed E-state index contributed by atoms with van der Waals surface area (Å²) in [5.74, 6) is 1.85. The molecule has 0 radical (unpaired) electrons. The van der Waals surface area contributed by atoms with Crippen LogP contribution >= 0.6 is 11.3 Å². The minimum absolute atomic E-state index is 0.587. The zero-order chi connectivity index (χ0) is 33.5. The van der Waals surface area contributed by atoms with Crippen LogP contribution in [0.1, 0.15) is 0 Å². The highest BCUT2D eigenvalue weighted by Crippen LogP contribution is 2.41. The van der Waals surface area contributed by atoms with Gasteiger partial charge in [-0.05, 0) is 47.5 Å². The Kier molecular flexibility index (Phi) is 6.05. The molecule has 0 saturated heterocycles. The Morgan fingerprint density at radius 2 is 1.02 bits per heavy atom. The molecule has 7 aromatic carbocycles. The lowest BCUT2D eigenvalue weighted by Gasteiger charge is -2.12. The van der Waals surface area contributed by atoms with Crippen LogP contribution < -0.4 is 0 Å². The lowest BCUT2D eigenvalue weighted by molar-refractivity contribution is 0.669. The first-order chi connectivity index (χ1) is 25.3. The molecule has 0 saturated carbocycles. The molecule has 5 nitrogen and oxygen atoms in total. The standard InChI is InChI=1S/C45H26N4OS/c1-5-18-36-30(11-1)31-12-2-6-19-37(31)49(36)45-47-43(46-44(48-45)35-17-9-16-33-32-13-4-8-22-40(32)51-42(33)35)28-25-23-27(24-26-28)29-15-10-21-39-41(29)34-14-3-7-20-38(34)50-39/h1-26H. The fourth-order valence-corrected chi connectivity index (χ4v) is 8.80. The number of furan rings is 1. The first kappa shape index (κ1) is 28.2. The summed E-state index contributed by atoms with van der Waals surface area (Å²) in [7, 11) is 0. The van der Waals surface area contributed by atoms with Crippen molar-refractivity contribution in [2.24, 2.45) is 0 Å². The molecule has 51 heavy (non-hydrogen) atoms. The molecule has 11 rings (SSSR count). The highest BCUT2D eigenvalue weighted by molar-refractivity contribution is 7.26. The Morgan fingerprint density at radius 3 is 1.82 bits per heavy atom. The Hall–Kier alpha value is -6.63. The van der Waals surface area contributed by atoms with Crippen LogP contribution in [-0.2, 0) is 0 Å². The van der Waals surface area contributed by atoms with Crippen molar-refractivity contribution in [3.63, 3.8) is 0 Å². The van der Waals surface area contributed by atoms with Crippen LogP contribution in [-0.4, -0.2) is 19.5 Å². The molecule has 0 bridgehead atoms. The molecule has 0 spiro atoms. The second kappa shape index (κ2) is 10.9. The van der Waals surface area contributed by atoms with E-state index in [4.69, 9.17) is 19.4 Å². The van der Waals surface area contributed by atoms with E-state index in [9.17, 15) is 0 Å². The second-order valence-electron chi connectivity index (χ2n) is 12.8. The smallest absolute Gasteiger partial charge is 0.238 e. The van der Waals surface area contributed by atoms with Gasteiger partial charge >= 0.3 is 0 Å². The molecule has 0 unspecified atom stereocenters. The van der Waals surface area contributed by atoms with Crippen LogP contribution in [0.4, 0.5) is 0 Å². The average Bonchev–Trinajstić information content (AvgIpc) is 3.87. The first-order valence-corrected chi connectivity index (χ1v) is 17.8. The minimum Gasteiger partial charge on any atom is -0.456 e. The van der Waals surface area contributed by atoms with E-state index >= 15 is 0 Å². The van der Waals surface area contributed by atoms with Crippen molar-refractivity contribution in [3.8, 4) is 39.9 Å². The van der Waals surface area contributed by atoms with Gasteiger partial charge < -0.3 is 4.42 Å². The third kappa shape index (κ3) is 4.30. The summed E-state index contributed by atoms with van der Waals surface area (Å²) in [6, 6.07) is 54.9. The summed E-state index contributed by atoms with van der Waals surface area (Å²) in [5.41, 5.74) is 8.01. The summed E-state index contributed by atoms with van der Waals surface area (Å²) in [5, 5.41) is 7.00. The van der Waals surface area contributed by atoms with E-state index in [1.54, 1.807) is 11.3 Å². The SMILES string of the molecule is c1ccc2c(c1)oc1cccc(-c3ccc(-c4nc(-c5cccc6c5sc5ccccc56)nc(-n5c6ccccc6c6ccccc65)n4)cc3)c12. The van der Waals surface area contributed by atoms with E-state index in [0.717, 1.165) is 66.0 Å². The lowest BCUT2D eigenvalue weighted by Crippen LogP contribution is -2.06. The number of benzene rings is 7. The topological polar surface area (TPSA) is 56.7 Å². The van der Waals surface area contributed by atoms with E-state index in [1.165, 1.54) is 20.2 Å². The minimum atomic E-state index is 0.587. The molecule has 0 aliphatic rings. The summed E-state index contributed by atoms with van der Waals surface area (Å²) >= 11 is 1.78. The number of fused-ring (bicyclic) bond motifs is 9. The van der Waals surface area contributed by atoms with Crippen molar-refractivity contribution in [2.75, 3.05) is 0 Å². The van der Waals surface area contributed by atoms with Crippen molar-refractivity contribution in [1.29, 1.82) is 0 Å². The Labute approximate surface area is 295 Å². The van der Waals surface area contributed by atoms with Crippen LogP contribution in [0.2, 0.25) is 0 Å². The van der Waals surface area contributed by atoms with Crippen molar-refractivity contribution in [1.82, 2.24) is 19.5 Å². The molecular formula is C45H26N4OS. The Bertz CT molecular complexity index is 3100. The summed E-state index contributed by atoms with van der Waals surface area (Å²) in [4.78, 5) is 15.7. The molecule has 4 aromatic heterocycles. The van der Waals surface area contributed by atoms with Gasteiger partial charge in [0.1, 0.15) is 11.2 Å². The maximum absolute atomic E-state index is 6.19. The largest absolute Gasteiger partial charge is 0.456 e. The van der Waals surface area contributed by atoms with Gasteiger partial charge in [0.15, 0.2) is 11.6 Å². The summed E-state index contributed by atoms with van der Waals surface area (Å²) in [6.45, 7) is 0. The molecular weight excluding hydrogens is 645 g/mol. The van der Waals surface area contributed by atoms with Crippen molar-refractivity contribution in [2.45, 2.75) is 0 Å². The van der Waals surface area contributed by atoms with Crippen LogP contribution in [0.3, 0.4) is 0 Å². The van der Waals surface area contributed by atoms with E-state index in [-0.39, 0.29) is 0 Å². The van der Waals surface area contributed by atoms with Gasteiger partial charge in [0, 0.05) is 52.8 Å². The average molecular weight is 671 g/mol. The third-order valence-corrected chi connectivity index (χ3v) is 11.1. The zero-order valence-corrected chi connectivity index (χ0v) is 27.9. The predicted molar refractivity (Wildman–Crippen MR) is 211 cm³/mol. The predicted octanol–water partition coefficient (Wildman–Crippen LogP) is 12.2. The monoisotopic (exact) mass is 670 g/mol. The maximum Gasteiger partial charge on any atom is 0.238 e. The molecule has 11 aromatic rings. The van der Waals surface area contributed by atoms with Crippen LogP contribution in [0.25, 0.3) is 104 Å². The van der Waals surface area contributed by atoms with Crippen LogP contribution in [0, 0.1) is 0 Å². The number of hydrogen-bond acceptors (Lipinski definition) is 5. The lowest BCUT2D eigenvalue weighted by atomic mass is 9.98. The highest BCUT2D eigenvalue weighted by Gasteiger charge is 2.20. The number of nitrogens with zero attached hydrogens (tertiary/aromatic N) is 4. The first-order valence-electron chi connectivity index (χ1n) is 16.9. The van der Waals surface area contributed by atoms with Gasteiger partial charge in [-0.2, -0.15) is 9.97 Å². The van der Waals surface area contributed by atoms with Crippen molar-refractivity contribution >= 4 is 75.3 Å². The van der Waals surface area contributed by atoms with Crippen molar-refractivity contribution < 1.29 is 4.42 Å². The number of rotatable bonds is 4. The van der Waals surface area contributed by atoms with E-state index in [0.29, 0.717) is 17.6 Å². The fraction of sp³-hybridized carbons (Fsp3) is 0. The maximum atomic E-state index is 6.19. The van der Waals surface area contributed by atoms with Gasteiger partial charge in [-0.1, -0.05) is 121 Å². The number of thiophene rings is 1. The quantitative estimate of drug-likeness (QED) is 0.187. The molecule has 0 aliphatic heterocycles. The van der Waals surface area contributed by atoms with Crippen LogP contribution in [0.5, 0.6) is 0 Å². The van der Waals surface area contributed by atoms with Gasteiger partial charge in [0.2, 0.25) is 5.95 Å². The molecule has 0 amide bonds. The second-order valence-corrected chi connectivity index (χ2v) is 13.8.